The molecular weight excluding hydrogens is 548 g/mol. The fourth-order valence-electron chi connectivity index (χ4n) is 3.71. The van der Waals surface area contributed by atoms with Gasteiger partial charge in [-0.2, -0.15) is 8.42 Å². The molecule has 1 aliphatic heterocycles. The van der Waals surface area contributed by atoms with Gasteiger partial charge in [-0.15, -0.1) is 0 Å². The number of nitrogens with zero attached hydrogens (tertiary/aromatic N) is 2. The maximum atomic E-state index is 14.1. The van der Waals surface area contributed by atoms with Crippen LogP contribution in [0.25, 0.3) is 11.0 Å². The number of piperidine rings is 1. The molecule has 0 saturated carbocycles. The van der Waals surface area contributed by atoms with E-state index in [1.807, 2.05) is 6.07 Å². The van der Waals surface area contributed by atoms with Crippen molar-refractivity contribution in [2.75, 3.05) is 19.3 Å². The molecule has 1 saturated heterocycles. The van der Waals surface area contributed by atoms with Gasteiger partial charge in [0.05, 0.1) is 27.3 Å². The number of hydrogen-bond donors (Lipinski definition) is 2. The van der Waals surface area contributed by atoms with Gasteiger partial charge in [-0.05, 0) is 37.1 Å². The van der Waals surface area contributed by atoms with Crippen LogP contribution in [0, 0.1) is 5.82 Å². The summed E-state index contributed by atoms with van der Waals surface area (Å²) in [4.78, 5) is 17.5. The molecule has 7 nitrogen and oxygen atoms in total. The molecule has 32 heavy (non-hydrogen) atoms. The molecule has 0 radical (unpaired) electrons. The number of hydrogen-bond acceptors (Lipinski definition) is 4. The topological polar surface area (TPSA) is 95.4 Å². The average Bonchev–Trinajstić information content (AvgIpc) is 2.98. The summed E-state index contributed by atoms with van der Waals surface area (Å²) in [5, 5.41) is 0.851. The Labute approximate surface area is 203 Å². The molecule has 1 fully saturated rings. The van der Waals surface area contributed by atoms with Crippen molar-refractivity contribution >= 4 is 60.3 Å². The molecule has 0 atom stereocenters. The van der Waals surface area contributed by atoms with E-state index in [9.17, 15) is 17.6 Å². The third-order valence-corrected chi connectivity index (χ3v) is 6.31. The zero-order valence-electron chi connectivity index (χ0n) is 17.0. The van der Waals surface area contributed by atoms with E-state index in [0.717, 1.165) is 35.9 Å². The summed E-state index contributed by atoms with van der Waals surface area (Å²) in [6, 6.07) is 8.65. The van der Waals surface area contributed by atoms with Gasteiger partial charge in [-0.1, -0.05) is 45.2 Å². The van der Waals surface area contributed by atoms with Crippen molar-refractivity contribution in [1.82, 2.24) is 14.5 Å². The normalized spacial score (nSPS) is 15.6. The van der Waals surface area contributed by atoms with E-state index >= 15 is 0 Å². The third kappa shape index (κ3) is 6.55. The van der Waals surface area contributed by atoms with Gasteiger partial charge in [-0.3, -0.25) is 14.0 Å². The number of halogens is 4. The molecule has 0 unspecified atom stereocenters. The number of aromatic amines is 1. The van der Waals surface area contributed by atoms with Gasteiger partial charge in [0.15, 0.2) is 0 Å². The smallest absolute Gasteiger partial charge is 0.305 e. The highest BCUT2D eigenvalue weighted by Crippen LogP contribution is 2.30. The lowest BCUT2D eigenvalue weighted by Crippen LogP contribution is -2.36. The standard InChI is InChI=1S/C19H17BrCl2FN3O.CH4O3S/c20-12-2-1-11(16(23)7-12)10-25-5-3-13(4-6-25)26-18-9-15(22)14(21)8-17(18)24-19(26)27;1-5(2,3)4/h1-2,7-9,13H,3-6,10H2,(H,24,27);1H3,(H,2,3,4). The molecule has 12 heteroatoms. The zero-order chi connectivity index (χ0) is 23.6. The lowest BCUT2D eigenvalue weighted by Gasteiger charge is -2.32. The number of aromatic nitrogens is 2. The molecular formula is C20H21BrCl2FN3O4S. The number of imidazole rings is 1. The van der Waals surface area contributed by atoms with Crippen molar-refractivity contribution in [3.63, 3.8) is 0 Å². The number of benzene rings is 2. The van der Waals surface area contributed by atoms with Crippen molar-refractivity contribution < 1.29 is 17.4 Å². The quantitative estimate of drug-likeness (QED) is 0.439. The first-order valence-electron chi connectivity index (χ1n) is 9.60. The Balaban J connectivity index is 0.000000523. The van der Waals surface area contributed by atoms with E-state index < -0.39 is 10.1 Å². The molecule has 4 rings (SSSR count). The Bertz CT molecular complexity index is 1280. The van der Waals surface area contributed by atoms with Gasteiger partial charge in [-0.25, -0.2) is 9.18 Å². The van der Waals surface area contributed by atoms with Crippen LogP contribution in [0.5, 0.6) is 0 Å². The molecule has 1 aliphatic rings. The highest BCUT2D eigenvalue weighted by Gasteiger charge is 2.24. The highest BCUT2D eigenvalue weighted by atomic mass is 79.9. The SMILES string of the molecule is CS(=O)(=O)O.O=c1[nH]c2cc(Cl)c(Cl)cc2n1C1CCN(Cc2ccc(Br)cc2F)CC1. The molecule has 2 aromatic carbocycles. The Morgan fingerprint density at radius 3 is 2.38 bits per heavy atom. The summed E-state index contributed by atoms with van der Waals surface area (Å²) in [5.41, 5.74) is 1.99. The van der Waals surface area contributed by atoms with E-state index in [1.54, 1.807) is 22.8 Å². The largest absolute Gasteiger partial charge is 0.326 e. The second kappa shape index (κ2) is 10.2. The van der Waals surface area contributed by atoms with Crippen LogP contribution in [-0.2, 0) is 16.7 Å². The van der Waals surface area contributed by atoms with E-state index in [-0.39, 0.29) is 17.5 Å². The minimum atomic E-state index is -3.67. The van der Waals surface area contributed by atoms with E-state index in [1.165, 1.54) is 6.07 Å². The van der Waals surface area contributed by atoms with Crippen molar-refractivity contribution in [2.45, 2.75) is 25.4 Å². The van der Waals surface area contributed by atoms with Gasteiger partial charge in [0.2, 0.25) is 0 Å². The summed E-state index contributed by atoms with van der Waals surface area (Å²) in [5.74, 6) is -0.203. The van der Waals surface area contributed by atoms with Crippen LogP contribution in [0.4, 0.5) is 4.39 Å². The van der Waals surface area contributed by atoms with Gasteiger partial charge < -0.3 is 4.98 Å². The first kappa shape index (κ1) is 25.2. The minimum absolute atomic E-state index is 0.0782. The molecule has 0 bridgehead atoms. The number of likely N-dealkylation sites (tertiary alicyclic amines) is 1. The number of fused-ring (bicyclic) bond motifs is 1. The summed E-state index contributed by atoms with van der Waals surface area (Å²) in [6.07, 6.45) is 2.34. The van der Waals surface area contributed by atoms with E-state index in [2.05, 4.69) is 25.8 Å². The second-order valence-electron chi connectivity index (χ2n) is 7.56. The van der Waals surface area contributed by atoms with Crippen molar-refractivity contribution in [3.8, 4) is 0 Å². The van der Waals surface area contributed by atoms with Crippen LogP contribution in [0.15, 0.2) is 39.6 Å². The average molecular weight is 569 g/mol. The van der Waals surface area contributed by atoms with Gasteiger partial charge in [0, 0.05) is 35.7 Å². The molecule has 2 heterocycles. The Morgan fingerprint density at radius 2 is 1.78 bits per heavy atom. The summed E-state index contributed by atoms with van der Waals surface area (Å²) >= 11 is 15.5. The first-order valence-corrected chi connectivity index (χ1v) is 13.0. The van der Waals surface area contributed by atoms with E-state index in [4.69, 9.17) is 27.8 Å². The summed E-state index contributed by atoms with van der Waals surface area (Å²) in [7, 11) is -3.67. The first-order chi connectivity index (χ1) is 14.9. The van der Waals surface area contributed by atoms with Crippen LogP contribution >= 0.6 is 39.1 Å². The van der Waals surface area contributed by atoms with Crippen LogP contribution < -0.4 is 5.69 Å². The van der Waals surface area contributed by atoms with Gasteiger partial charge in [0.25, 0.3) is 10.1 Å². The number of H-pyrrole nitrogens is 1. The van der Waals surface area contributed by atoms with Gasteiger partial charge >= 0.3 is 5.69 Å². The van der Waals surface area contributed by atoms with Crippen LogP contribution in [0.1, 0.15) is 24.4 Å². The maximum absolute atomic E-state index is 14.1. The Kier molecular flexibility index (Phi) is 8.06. The van der Waals surface area contributed by atoms with Crippen LogP contribution in [0.2, 0.25) is 10.0 Å². The van der Waals surface area contributed by atoms with Crippen molar-refractivity contribution in [2.24, 2.45) is 0 Å². The molecule has 2 N–H and O–H groups in total. The van der Waals surface area contributed by atoms with Crippen LogP contribution in [-0.4, -0.2) is 46.8 Å². The summed E-state index contributed by atoms with van der Waals surface area (Å²) in [6.45, 7) is 2.15. The molecule has 3 aromatic rings. The molecule has 0 spiro atoms. The van der Waals surface area contributed by atoms with Crippen molar-refractivity contribution in [3.05, 3.63) is 66.7 Å². The predicted octanol–water partition coefficient (Wildman–Crippen LogP) is 4.88. The number of rotatable bonds is 3. The lowest BCUT2D eigenvalue weighted by molar-refractivity contribution is 0.178. The second-order valence-corrected chi connectivity index (χ2v) is 10.8. The molecule has 174 valence electrons. The minimum Gasteiger partial charge on any atom is -0.305 e. The molecule has 0 aliphatic carbocycles. The maximum Gasteiger partial charge on any atom is 0.326 e. The van der Waals surface area contributed by atoms with E-state index in [0.29, 0.717) is 33.9 Å². The molecule has 1 aromatic heterocycles. The predicted molar refractivity (Wildman–Crippen MR) is 128 cm³/mol. The summed E-state index contributed by atoms with van der Waals surface area (Å²) < 4.78 is 42.5. The monoisotopic (exact) mass is 567 g/mol. The fraction of sp³-hybridized carbons (Fsp3) is 0.350. The Morgan fingerprint density at radius 1 is 1.19 bits per heavy atom. The fourth-order valence-corrected chi connectivity index (χ4v) is 4.36. The Hall–Kier alpha value is -1.43. The van der Waals surface area contributed by atoms with Crippen LogP contribution in [0.3, 0.4) is 0 Å². The third-order valence-electron chi connectivity index (χ3n) is 5.09. The molecule has 0 amide bonds. The highest BCUT2D eigenvalue weighted by molar-refractivity contribution is 9.10. The van der Waals surface area contributed by atoms with Crippen molar-refractivity contribution in [1.29, 1.82) is 0 Å². The van der Waals surface area contributed by atoms with Gasteiger partial charge in [0.1, 0.15) is 5.82 Å². The number of nitrogens with one attached hydrogen (secondary N) is 1. The zero-order valence-corrected chi connectivity index (χ0v) is 20.9. The lowest BCUT2D eigenvalue weighted by atomic mass is 10.0.